The molecule has 1 atom stereocenters. The van der Waals surface area contributed by atoms with Crippen LogP contribution in [0.15, 0.2) is 29.2 Å². The molecule has 1 aromatic rings. The number of halogens is 1. The van der Waals surface area contributed by atoms with E-state index in [1.807, 2.05) is 0 Å². The molecule has 1 aromatic carbocycles. The van der Waals surface area contributed by atoms with Crippen molar-refractivity contribution in [2.24, 2.45) is 11.8 Å². The van der Waals surface area contributed by atoms with Gasteiger partial charge in [-0.15, -0.1) is 0 Å². The molecule has 0 saturated carbocycles. The summed E-state index contributed by atoms with van der Waals surface area (Å²) in [7, 11) is -3.69. The van der Waals surface area contributed by atoms with Crippen LogP contribution in [0.5, 0.6) is 0 Å². The van der Waals surface area contributed by atoms with Crippen LogP contribution < -0.4 is 5.32 Å². The second-order valence-electron chi connectivity index (χ2n) is 7.40. The number of hydrogen-bond donors (Lipinski definition) is 1. The van der Waals surface area contributed by atoms with Crippen molar-refractivity contribution >= 4 is 15.9 Å². The number of piperidine rings is 1. The Labute approximate surface area is 156 Å². The number of carbonyl (C=O) groups excluding carboxylic acids is 1. The van der Waals surface area contributed by atoms with Gasteiger partial charge < -0.3 is 5.32 Å². The first-order valence-electron chi connectivity index (χ1n) is 9.31. The van der Waals surface area contributed by atoms with Crippen LogP contribution in [0, 0.1) is 17.7 Å². The Kier molecular flexibility index (Phi) is 7.58. The molecule has 0 aromatic heterocycles. The number of sulfonamides is 1. The van der Waals surface area contributed by atoms with Crippen molar-refractivity contribution in [2.75, 3.05) is 19.6 Å². The Hall–Kier alpha value is -1.47. The van der Waals surface area contributed by atoms with Crippen LogP contribution in [0.4, 0.5) is 4.39 Å². The van der Waals surface area contributed by atoms with Crippen LogP contribution in [-0.2, 0) is 14.8 Å². The predicted molar refractivity (Wildman–Crippen MR) is 99.6 cm³/mol. The summed E-state index contributed by atoms with van der Waals surface area (Å²) >= 11 is 0. The summed E-state index contributed by atoms with van der Waals surface area (Å²) < 4.78 is 40.2. The Morgan fingerprint density at radius 2 is 2.15 bits per heavy atom. The summed E-state index contributed by atoms with van der Waals surface area (Å²) in [5.74, 6) is 0.173. The minimum atomic E-state index is -3.69. The number of carbonyl (C=O) groups is 1. The zero-order valence-electron chi connectivity index (χ0n) is 15.6. The molecule has 1 amide bonds. The zero-order valence-corrected chi connectivity index (χ0v) is 16.4. The van der Waals surface area contributed by atoms with Crippen LogP contribution >= 0.6 is 0 Å². The first kappa shape index (κ1) is 20.8. The third kappa shape index (κ3) is 6.06. The van der Waals surface area contributed by atoms with E-state index in [1.54, 1.807) is 0 Å². The molecule has 5 nitrogen and oxygen atoms in total. The smallest absolute Gasteiger partial charge is 0.243 e. The van der Waals surface area contributed by atoms with E-state index in [9.17, 15) is 17.6 Å². The molecule has 0 radical (unpaired) electrons. The summed E-state index contributed by atoms with van der Waals surface area (Å²) in [6.45, 7) is 5.74. The number of nitrogens with zero attached hydrogens (tertiary/aromatic N) is 1. The molecule has 1 heterocycles. The van der Waals surface area contributed by atoms with Gasteiger partial charge in [-0.2, -0.15) is 4.31 Å². The molecule has 2 rings (SSSR count). The highest BCUT2D eigenvalue weighted by atomic mass is 32.2. The molecule has 1 unspecified atom stereocenters. The lowest BCUT2D eigenvalue weighted by atomic mass is 9.94. The summed E-state index contributed by atoms with van der Waals surface area (Å²) in [4.78, 5) is 11.9. The first-order chi connectivity index (χ1) is 12.3. The third-order valence-corrected chi connectivity index (χ3v) is 6.60. The molecular formula is C19H29FN2O3S. The van der Waals surface area contributed by atoms with E-state index in [0.29, 0.717) is 38.4 Å². The molecule has 146 valence electrons. The molecule has 0 aliphatic carbocycles. The Balaban J connectivity index is 1.87. The molecule has 1 N–H and O–H groups in total. The minimum absolute atomic E-state index is 0.00965. The lowest BCUT2D eigenvalue weighted by Gasteiger charge is -2.32. The van der Waals surface area contributed by atoms with E-state index in [-0.39, 0.29) is 16.7 Å². The van der Waals surface area contributed by atoms with E-state index < -0.39 is 15.8 Å². The summed E-state index contributed by atoms with van der Waals surface area (Å²) in [5, 5.41) is 2.91. The number of hydrogen-bond acceptors (Lipinski definition) is 3. The lowest BCUT2D eigenvalue weighted by Crippen LogP contribution is -2.40. The SMILES string of the molecule is CC(C)CCNC(=O)CCC1CCCN(S(=O)(=O)c2cccc(F)c2)C1. The largest absolute Gasteiger partial charge is 0.356 e. The number of amides is 1. The van der Waals surface area contributed by atoms with Crippen LogP contribution in [0.1, 0.15) is 46.0 Å². The van der Waals surface area contributed by atoms with Gasteiger partial charge >= 0.3 is 0 Å². The first-order valence-corrected chi connectivity index (χ1v) is 10.8. The molecule has 0 spiro atoms. The number of nitrogens with one attached hydrogen (secondary N) is 1. The van der Waals surface area contributed by atoms with E-state index in [0.717, 1.165) is 25.3 Å². The van der Waals surface area contributed by atoms with E-state index in [2.05, 4.69) is 19.2 Å². The fraction of sp³-hybridized carbons (Fsp3) is 0.632. The topological polar surface area (TPSA) is 66.5 Å². The van der Waals surface area contributed by atoms with E-state index >= 15 is 0 Å². The molecular weight excluding hydrogens is 355 g/mol. The molecule has 1 aliphatic heterocycles. The van der Waals surface area contributed by atoms with Gasteiger partial charge in [0.25, 0.3) is 0 Å². The van der Waals surface area contributed by atoms with Gasteiger partial charge in [0.1, 0.15) is 5.82 Å². The predicted octanol–water partition coefficient (Wildman–Crippen LogP) is 3.17. The highest BCUT2D eigenvalue weighted by molar-refractivity contribution is 7.89. The van der Waals surface area contributed by atoms with Gasteiger partial charge in [-0.1, -0.05) is 19.9 Å². The number of benzene rings is 1. The van der Waals surface area contributed by atoms with Crippen molar-refractivity contribution < 1.29 is 17.6 Å². The van der Waals surface area contributed by atoms with Gasteiger partial charge in [0.15, 0.2) is 0 Å². The normalized spacial score (nSPS) is 18.8. The summed E-state index contributed by atoms with van der Waals surface area (Å²) in [5.41, 5.74) is 0. The van der Waals surface area contributed by atoms with Crippen molar-refractivity contribution in [1.29, 1.82) is 0 Å². The van der Waals surface area contributed by atoms with Crippen LogP contribution in [0.3, 0.4) is 0 Å². The van der Waals surface area contributed by atoms with Gasteiger partial charge in [-0.3, -0.25) is 4.79 Å². The maximum Gasteiger partial charge on any atom is 0.243 e. The van der Waals surface area contributed by atoms with Gasteiger partial charge in [0.05, 0.1) is 4.90 Å². The van der Waals surface area contributed by atoms with Crippen molar-refractivity contribution in [3.8, 4) is 0 Å². The Morgan fingerprint density at radius 3 is 2.85 bits per heavy atom. The lowest BCUT2D eigenvalue weighted by molar-refractivity contribution is -0.121. The number of rotatable bonds is 8. The fourth-order valence-corrected chi connectivity index (χ4v) is 4.77. The fourth-order valence-electron chi connectivity index (χ4n) is 3.18. The maximum absolute atomic E-state index is 13.4. The molecule has 7 heteroatoms. The molecule has 26 heavy (non-hydrogen) atoms. The van der Waals surface area contributed by atoms with Gasteiger partial charge in [0.2, 0.25) is 15.9 Å². The minimum Gasteiger partial charge on any atom is -0.356 e. The average molecular weight is 385 g/mol. The molecule has 1 saturated heterocycles. The molecule has 1 fully saturated rings. The van der Waals surface area contributed by atoms with E-state index in [1.165, 1.54) is 22.5 Å². The van der Waals surface area contributed by atoms with Gasteiger partial charge in [-0.25, -0.2) is 12.8 Å². The average Bonchev–Trinajstić information content (AvgIpc) is 2.60. The van der Waals surface area contributed by atoms with Gasteiger partial charge in [0, 0.05) is 26.1 Å². The van der Waals surface area contributed by atoms with Crippen LogP contribution in [0.25, 0.3) is 0 Å². The second kappa shape index (κ2) is 9.46. The quantitative estimate of drug-likeness (QED) is 0.749. The van der Waals surface area contributed by atoms with Crippen LogP contribution in [-0.4, -0.2) is 38.3 Å². The highest BCUT2D eigenvalue weighted by Crippen LogP contribution is 2.26. The zero-order chi connectivity index (χ0) is 19.2. The van der Waals surface area contributed by atoms with Crippen molar-refractivity contribution in [3.05, 3.63) is 30.1 Å². The Morgan fingerprint density at radius 1 is 1.38 bits per heavy atom. The van der Waals surface area contributed by atoms with Crippen molar-refractivity contribution in [3.63, 3.8) is 0 Å². The van der Waals surface area contributed by atoms with E-state index in [4.69, 9.17) is 0 Å². The van der Waals surface area contributed by atoms with Crippen molar-refractivity contribution in [2.45, 2.75) is 50.8 Å². The highest BCUT2D eigenvalue weighted by Gasteiger charge is 2.30. The Bertz CT molecular complexity index is 706. The second-order valence-corrected chi connectivity index (χ2v) is 9.34. The summed E-state index contributed by atoms with van der Waals surface area (Å²) in [6, 6.07) is 5.12. The molecule has 0 bridgehead atoms. The third-order valence-electron chi connectivity index (χ3n) is 4.74. The monoisotopic (exact) mass is 384 g/mol. The van der Waals surface area contributed by atoms with Crippen molar-refractivity contribution in [1.82, 2.24) is 9.62 Å². The summed E-state index contributed by atoms with van der Waals surface area (Å²) in [6.07, 6.45) is 3.71. The van der Waals surface area contributed by atoms with Crippen LogP contribution in [0.2, 0.25) is 0 Å². The maximum atomic E-state index is 13.4. The standard InChI is InChI=1S/C19H29FN2O3S/c1-15(2)10-11-21-19(23)9-8-16-5-4-12-22(14-16)26(24,25)18-7-3-6-17(20)13-18/h3,6-7,13,15-16H,4-5,8-12,14H2,1-2H3,(H,21,23). The van der Waals surface area contributed by atoms with Gasteiger partial charge in [-0.05, 0) is 55.7 Å². The molecule has 1 aliphatic rings.